The first-order chi connectivity index (χ1) is 10.1. The maximum Gasteiger partial charge on any atom is 0.334 e. The molecule has 0 aliphatic rings. The van der Waals surface area contributed by atoms with Crippen molar-refractivity contribution in [3.05, 3.63) is 0 Å². The van der Waals surface area contributed by atoms with Crippen molar-refractivity contribution in [3.63, 3.8) is 0 Å². The van der Waals surface area contributed by atoms with Crippen LogP contribution < -0.4 is 5.73 Å². The van der Waals surface area contributed by atoms with Crippen LogP contribution in [0.5, 0.6) is 0 Å². The number of hydrogen-bond donors (Lipinski definition) is 1. The van der Waals surface area contributed by atoms with E-state index in [2.05, 4.69) is 27.7 Å². The highest BCUT2D eigenvalue weighted by Gasteiger charge is 2.16. The quantitative estimate of drug-likeness (QED) is 0.278. The van der Waals surface area contributed by atoms with E-state index in [1.165, 1.54) is 0 Å². The van der Waals surface area contributed by atoms with E-state index in [9.17, 15) is 0 Å². The van der Waals surface area contributed by atoms with Crippen molar-refractivity contribution < 1.29 is 18.3 Å². The van der Waals surface area contributed by atoms with E-state index in [4.69, 9.17) is 24.0 Å². The van der Waals surface area contributed by atoms with Crippen LogP contribution in [0.15, 0.2) is 0 Å². The molecule has 0 amide bonds. The van der Waals surface area contributed by atoms with Crippen molar-refractivity contribution in [1.29, 1.82) is 0 Å². The monoisotopic (exact) mass is 323 g/mol. The standard InChI is InChI=1S/C15H34NO4P/c1-5-7-10-18-21(19-11-8-6-2)20-14-17-12-9-15(3,4)13-16/h5-14,16H2,1-4H3. The number of ether oxygens (including phenoxy) is 1. The van der Waals surface area contributed by atoms with Gasteiger partial charge in [-0.3, -0.25) is 4.52 Å². The second-order valence-electron chi connectivity index (χ2n) is 5.87. The Kier molecular flexibility index (Phi) is 14.0. The molecule has 0 aromatic rings. The predicted molar refractivity (Wildman–Crippen MR) is 88.0 cm³/mol. The third-order valence-corrected chi connectivity index (χ3v) is 4.21. The van der Waals surface area contributed by atoms with Crippen LogP contribution in [0.3, 0.4) is 0 Å². The lowest BCUT2D eigenvalue weighted by atomic mass is 9.90. The maximum absolute atomic E-state index is 5.68. The van der Waals surface area contributed by atoms with Gasteiger partial charge in [-0.25, -0.2) is 0 Å². The minimum atomic E-state index is -1.28. The highest BCUT2D eigenvalue weighted by molar-refractivity contribution is 7.41. The van der Waals surface area contributed by atoms with E-state index in [1.54, 1.807) is 0 Å². The summed E-state index contributed by atoms with van der Waals surface area (Å²) in [6, 6.07) is 0. The molecular formula is C15H34NO4P. The molecule has 0 saturated carbocycles. The zero-order valence-corrected chi connectivity index (χ0v) is 15.1. The van der Waals surface area contributed by atoms with Crippen molar-refractivity contribution >= 4 is 8.60 Å². The minimum Gasteiger partial charge on any atom is -0.355 e. The minimum absolute atomic E-state index is 0.111. The molecule has 0 aliphatic heterocycles. The van der Waals surface area contributed by atoms with Gasteiger partial charge in [-0.2, -0.15) is 0 Å². The van der Waals surface area contributed by atoms with Gasteiger partial charge in [-0.15, -0.1) is 0 Å². The van der Waals surface area contributed by atoms with Crippen LogP contribution in [0.1, 0.15) is 59.8 Å². The first-order valence-corrected chi connectivity index (χ1v) is 9.12. The Hall–Kier alpha value is 0.230. The molecule has 128 valence electrons. The lowest BCUT2D eigenvalue weighted by molar-refractivity contribution is -0.00998. The summed E-state index contributed by atoms with van der Waals surface area (Å²) < 4.78 is 22.3. The van der Waals surface area contributed by atoms with E-state index >= 15 is 0 Å². The van der Waals surface area contributed by atoms with Gasteiger partial charge >= 0.3 is 8.60 Å². The smallest absolute Gasteiger partial charge is 0.334 e. The van der Waals surface area contributed by atoms with Gasteiger partial charge in [0.15, 0.2) is 6.79 Å². The second kappa shape index (κ2) is 13.9. The topological polar surface area (TPSA) is 62.9 Å². The van der Waals surface area contributed by atoms with Gasteiger partial charge in [0.05, 0.1) is 19.8 Å². The van der Waals surface area contributed by atoms with Crippen LogP contribution in [-0.2, 0) is 18.3 Å². The fraction of sp³-hybridized carbons (Fsp3) is 1.00. The zero-order valence-electron chi connectivity index (χ0n) is 14.2. The summed E-state index contributed by atoms with van der Waals surface area (Å²) in [6.07, 6.45) is 5.15. The third-order valence-electron chi connectivity index (χ3n) is 3.11. The van der Waals surface area contributed by atoms with E-state index in [1.807, 2.05) is 0 Å². The average Bonchev–Trinajstić information content (AvgIpc) is 2.46. The van der Waals surface area contributed by atoms with Gasteiger partial charge in [0.25, 0.3) is 0 Å². The Balaban J connectivity index is 3.77. The fourth-order valence-electron chi connectivity index (χ4n) is 1.27. The molecule has 0 radical (unpaired) electrons. The summed E-state index contributed by atoms with van der Waals surface area (Å²) in [4.78, 5) is 0. The molecule has 0 aromatic heterocycles. The fourth-order valence-corrected chi connectivity index (χ4v) is 2.21. The molecule has 6 heteroatoms. The molecule has 0 bridgehead atoms. The van der Waals surface area contributed by atoms with Gasteiger partial charge in [0.1, 0.15) is 0 Å². The van der Waals surface area contributed by atoms with Crippen molar-refractivity contribution in [2.75, 3.05) is 33.2 Å². The maximum atomic E-state index is 5.68. The number of hydrogen-bond acceptors (Lipinski definition) is 5. The molecule has 0 rings (SSSR count). The largest absolute Gasteiger partial charge is 0.355 e. The first kappa shape index (κ1) is 21.2. The van der Waals surface area contributed by atoms with Crippen LogP contribution >= 0.6 is 8.60 Å². The van der Waals surface area contributed by atoms with Crippen molar-refractivity contribution in [2.45, 2.75) is 59.8 Å². The summed E-state index contributed by atoms with van der Waals surface area (Å²) in [7, 11) is -1.28. The highest BCUT2D eigenvalue weighted by atomic mass is 31.2. The van der Waals surface area contributed by atoms with Crippen LogP contribution in [-0.4, -0.2) is 33.2 Å². The Bertz CT molecular complexity index is 220. The van der Waals surface area contributed by atoms with E-state index in [0.29, 0.717) is 26.4 Å². The molecule has 21 heavy (non-hydrogen) atoms. The Labute approximate surface area is 131 Å². The molecule has 0 aromatic carbocycles. The number of rotatable bonds is 15. The Morgan fingerprint density at radius 3 is 1.95 bits per heavy atom. The Morgan fingerprint density at radius 1 is 0.905 bits per heavy atom. The van der Waals surface area contributed by atoms with Crippen LogP contribution in [0, 0.1) is 5.41 Å². The molecular weight excluding hydrogens is 289 g/mol. The molecule has 0 atom stereocenters. The SMILES string of the molecule is CCCCOP(OCCCC)OCOCCC(C)(C)CN. The highest BCUT2D eigenvalue weighted by Crippen LogP contribution is 2.40. The lowest BCUT2D eigenvalue weighted by Crippen LogP contribution is -2.25. The molecule has 0 saturated heterocycles. The first-order valence-electron chi connectivity index (χ1n) is 8.02. The molecule has 0 fully saturated rings. The van der Waals surface area contributed by atoms with Crippen molar-refractivity contribution in [3.8, 4) is 0 Å². The molecule has 0 heterocycles. The van der Waals surface area contributed by atoms with Gasteiger partial charge in [0, 0.05) is 0 Å². The van der Waals surface area contributed by atoms with E-state index < -0.39 is 8.60 Å². The normalized spacial score (nSPS) is 12.3. The van der Waals surface area contributed by atoms with E-state index in [0.717, 1.165) is 32.1 Å². The summed E-state index contributed by atoms with van der Waals surface area (Å²) in [5, 5.41) is 0. The van der Waals surface area contributed by atoms with Crippen LogP contribution in [0.4, 0.5) is 0 Å². The van der Waals surface area contributed by atoms with Gasteiger partial charge in [0.2, 0.25) is 0 Å². The summed E-state index contributed by atoms with van der Waals surface area (Å²) in [6.45, 7) is 11.4. The van der Waals surface area contributed by atoms with Gasteiger partial charge in [-0.05, 0) is 31.2 Å². The predicted octanol–water partition coefficient (Wildman–Crippen LogP) is 4.21. The summed E-state index contributed by atoms with van der Waals surface area (Å²) >= 11 is 0. The molecule has 0 unspecified atom stereocenters. The summed E-state index contributed by atoms with van der Waals surface area (Å²) in [5.41, 5.74) is 5.79. The molecule has 2 N–H and O–H groups in total. The Morgan fingerprint density at radius 2 is 1.48 bits per heavy atom. The van der Waals surface area contributed by atoms with Gasteiger partial charge in [-0.1, -0.05) is 40.5 Å². The number of unbranched alkanes of at least 4 members (excludes halogenated alkanes) is 2. The van der Waals surface area contributed by atoms with E-state index in [-0.39, 0.29) is 12.2 Å². The molecule has 0 spiro atoms. The second-order valence-corrected chi connectivity index (χ2v) is 7.09. The van der Waals surface area contributed by atoms with Crippen LogP contribution in [0.2, 0.25) is 0 Å². The number of nitrogens with two attached hydrogens (primary N) is 1. The zero-order chi connectivity index (χ0) is 16.0. The van der Waals surface area contributed by atoms with Crippen molar-refractivity contribution in [1.82, 2.24) is 0 Å². The molecule has 0 aliphatic carbocycles. The summed E-state index contributed by atoms with van der Waals surface area (Å²) in [5.74, 6) is 0. The molecule has 5 nitrogen and oxygen atoms in total. The average molecular weight is 323 g/mol. The third kappa shape index (κ3) is 13.6. The lowest BCUT2D eigenvalue weighted by Gasteiger charge is -2.22. The van der Waals surface area contributed by atoms with Crippen LogP contribution in [0.25, 0.3) is 0 Å². The van der Waals surface area contributed by atoms with Gasteiger partial charge < -0.3 is 19.5 Å². The van der Waals surface area contributed by atoms with Crippen molar-refractivity contribution in [2.24, 2.45) is 11.1 Å².